The van der Waals surface area contributed by atoms with E-state index in [1.807, 2.05) is 30.3 Å². The number of ether oxygens (including phenoxy) is 2. The summed E-state index contributed by atoms with van der Waals surface area (Å²) >= 11 is 0. The number of benzene rings is 1. The van der Waals surface area contributed by atoms with E-state index in [4.69, 9.17) is 20.2 Å². The van der Waals surface area contributed by atoms with Crippen molar-refractivity contribution in [1.29, 1.82) is 0 Å². The second-order valence-corrected chi connectivity index (χ2v) is 9.16. The fraction of sp³-hybridized carbons (Fsp3) is 0.562. The van der Waals surface area contributed by atoms with Gasteiger partial charge in [0, 0.05) is 10.7 Å². The van der Waals surface area contributed by atoms with Crippen LogP contribution in [0.5, 0.6) is 0 Å². The highest BCUT2D eigenvalue weighted by atomic mass is 35.7. The maximum Gasteiger partial charge on any atom is 0.410 e. The topological polar surface area (TPSA) is 72.9 Å². The summed E-state index contributed by atoms with van der Waals surface area (Å²) < 4.78 is 33.6. The first-order chi connectivity index (χ1) is 11.4. The minimum Gasteiger partial charge on any atom is -0.445 e. The zero-order valence-corrected chi connectivity index (χ0v) is 14.7. The van der Waals surface area contributed by atoms with Gasteiger partial charge in [0.15, 0.2) is 0 Å². The van der Waals surface area contributed by atoms with Gasteiger partial charge in [-0.2, -0.15) is 0 Å². The second-order valence-electron chi connectivity index (χ2n) is 6.34. The van der Waals surface area contributed by atoms with Crippen LogP contribution in [0, 0.1) is 5.92 Å². The van der Waals surface area contributed by atoms with Crippen LogP contribution in [0.25, 0.3) is 0 Å². The molecule has 2 aliphatic heterocycles. The third-order valence-electron chi connectivity index (χ3n) is 4.47. The number of nitrogens with zero attached hydrogens (tertiary/aromatic N) is 1. The van der Waals surface area contributed by atoms with Crippen molar-refractivity contribution in [2.24, 2.45) is 5.92 Å². The van der Waals surface area contributed by atoms with Crippen LogP contribution in [0.15, 0.2) is 30.3 Å². The minimum atomic E-state index is -3.54. The van der Waals surface area contributed by atoms with E-state index in [0.29, 0.717) is 26.1 Å². The number of rotatable bonds is 4. The van der Waals surface area contributed by atoms with Gasteiger partial charge in [-0.25, -0.2) is 13.2 Å². The molecule has 2 aliphatic rings. The van der Waals surface area contributed by atoms with Crippen molar-refractivity contribution in [1.82, 2.24) is 4.90 Å². The molecule has 0 spiro atoms. The lowest BCUT2D eigenvalue weighted by molar-refractivity contribution is -0.0770. The number of fused-ring (bicyclic) bond motifs is 2. The Bertz CT molecular complexity index is 667. The van der Waals surface area contributed by atoms with Crippen molar-refractivity contribution in [2.75, 3.05) is 19.0 Å². The van der Waals surface area contributed by atoms with E-state index in [-0.39, 0.29) is 36.5 Å². The number of halogens is 1. The molecule has 2 heterocycles. The Morgan fingerprint density at radius 1 is 1.21 bits per heavy atom. The largest absolute Gasteiger partial charge is 0.445 e. The molecule has 0 aliphatic carbocycles. The van der Waals surface area contributed by atoms with Gasteiger partial charge in [0.1, 0.15) is 6.61 Å². The Morgan fingerprint density at radius 2 is 1.83 bits per heavy atom. The van der Waals surface area contributed by atoms with Crippen LogP contribution in [0.4, 0.5) is 4.79 Å². The summed E-state index contributed by atoms with van der Waals surface area (Å²) in [5, 5.41) is 0. The van der Waals surface area contributed by atoms with E-state index in [9.17, 15) is 13.2 Å². The average Bonchev–Trinajstić information content (AvgIpc) is 2.51. The molecule has 1 amide bonds. The first-order valence-electron chi connectivity index (χ1n) is 7.91. The molecule has 1 aromatic carbocycles. The van der Waals surface area contributed by atoms with Gasteiger partial charge in [0.2, 0.25) is 9.05 Å². The molecule has 3 rings (SSSR count). The molecule has 0 aromatic heterocycles. The predicted octanol–water partition coefficient (Wildman–Crippen LogP) is 2.37. The van der Waals surface area contributed by atoms with E-state index in [1.54, 1.807) is 4.90 Å². The van der Waals surface area contributed by atoms with Crippen LogP contribution in [0.1, 0.15) is 18.4 Å². The molecule has 132 valence electrons. The maximum atomic E-state index is 12.5. The molecule has 8 heteroatoms. The smallest absolute Gasteiger partial charge is 0.410 e. The summed E-state index contributed by atoms with van der Waals surface area (Å²) in [7, 11) is 1.83. The molecule has 24 heavy (non-hydrogen) atoms. The van der Waals surface area contributed by atoms with Crippen molar-refractivity contribution < 1.29 is 22.7 Å². The van der Waals surface area contributed by atoms with Crippen molar-refractivity contribution in [3.8, 4) is 0 Å². The van der Waals surface area contributed by atoms with Crippen LogP contribution in [0.2, 0.25) is 0 Å². The number of hydrogen-bond donors (Lipinski definition) is 0. The summed E-state index contributed by atoms with van der Waals surface area (Å²) in [5.74, 6) is -0.112. The van der Waals surface area contributed by atoms with Crippen molar-refractivity contribution >= 4 is 25.8 Å². The number of carbonyl (C=O) groups is 1. The third-order valence-corrected chi connectivity index (χ3v) is 5.72. The lowest BCUT2D eigenvalue weighted by Crippen LogP contribution is -2.59. The summed E-state index contributed by atoms with van der Waals surface area (Å²) in [6.45, 7) is 1.02. The highest BCUT2D eigenvalue weighted by Gasteiger charge is 2.43. The molecular formula is C16H20ClNO5S. The van der Waals surface area contributed by atoms with Gasteiger partial charge in [-0.15, -0.1) is 0 Å². The van der Waals surface area contributed by atoms with Crippen LogP contribution >= 0.6 is 10.7 Å². The highest BCUT2D eigenvalue weighted by Crippen LogP contribution is 2.33. The van der Waals surface area contributed by atoms with Crippen molar-refractivity contribution in [2.45, 2.75) is 31.5 Å². The second kappa shape index (κ2) is 7.29. The van der Waals surface area contributed by atoms with Crippen molar-refractivity contribution in [3.63, 3.8) is 0 Å². The lowest BCUT2D eigenvalue weighted by atomic mass is 9.86. The Morgan fingerprint density at radius 3 is 2.42 bits per heavy atom. The number of morpholine rings is 1. The van der Waals surface area contributed by atoms with Gasteiger partial charge in [-0.1, -0.05) is 30.3 Å². The van der Waals surface area contributed by atoms with Crippen LogP contribution in [-0.2, 0) is 25.1 Å². The molecule has 0 N–H and O–H groups in total. The van der Waals surface area contributed by atoms with Crippen molar-refractivity contribution in [3.05, 3.63) is 35.9 Å². The molecule has 6 nitrogen and oxygen atoms in total. The zero-order valence-electron chi connectivity index (χ0n) is 13.1. The lowest BCUT2D eigenvalue weighted by Gasteiger charge is -2.47. The molecule has 1 aromatic rings. The first-order valence-corrected chi connectivity index (χ1v) is 10.4. The average molecular weight is 374 g/mol. The van der Waals surface area contributed by atoms with E-state index in [2.05, 4.69) is 0 Å². The number of piperidine rings is 1. The Hall–Kier alpha value is -1.31. The Balaban J connectivity index is 1.62. The van der Waals surface area contributed by atoms with Crippen LogP contribution in [0.3, 0.4) is 0 Å². The Kier molecular flexibility index (Phi) is 5.32. The van der Waals surface area contributed by atoms with E-state index >= 15 is 0 Å². The monoisotopic (exact) mass is 373 g/mol. The molecule has 2 unspecified atom stereocenters. The number of carbonyl (C=O) groups excluding carboxylic acids is 1. The summed E-state index contributed by atoms with van der Waals surface area (Å²) in [6, 6.07) is 9.16. The van der Waals surface area contributed by atoms with Crippen LogP contribution in [-0.4, -0.2) is 50.5 Å². The molecule has 2 bridgehead atoms. The normalized spacial score (nSPS) is 26.9. The fourth-order valence-corrected chi connectivity index (χ4v) is 4.91. The fourth-order valence-electron chi connectivity index (χ4n) is 3.54. The first kappa shape index (κ1) is 17.5. The summed E-state index contributed by atoms with van der Waals surface area (Å²) in [4.78, 5) is 14.2. The number of amides is 1. The van der Waals surface area contributed by atoms with Gasteiger partial charge >= 0.3 is 6.09 Å². The SMILES string of the molecule is O=C(OCc1ccccc1)N1C2COCC1CC(CS(=O)(=O)Cl)C2. The van der Waals surface area contributed by atoms with Gasteiger partial charge in [0.05, 0.1) is 31.1 Å². The van der Waals surface area contributed by atoms with Gasteiger partial charge in [-0.05, 0) is 24.3 Å². The highest BCUT2D eigenvalue weighted by molar-refractivity contribution is 8.13. The molecule has 2 saturated heterocycles. The van der Waals surface area contributed by atoms with Gasteiger partial charge in [0.25, 0.3) is 0 Å². The predicted molar refractivity (Wildman–Crippen MR) is 89.2 cm³/mol. The molecule has 2 atom stereocenters. The number of hydrogen-bond acceptors (Lipinski definition) is 5. The van der Waals surface area contributed by atoms with E-state index in [1.165, 1.54) is 0 Å². The van der Waals surface area contributed by atoms with E-state index < -0.39 is 9.05 Å². The Labute approximate surface area is 146 Å². The van der Waals surface area contributed by atoms with Gasteiger partial charge in [-0.3, -0.25) is 4.90 Å². The summed E-state index contributed by atoms with van der Waals surface area (Å²) in [6.07, 6.45) is 0.746. The maximum absolute atomic E-state index is 12.5. The minimum absolute atomic E-state index is 0.0513. The molecular weight excluding hydrogens is 354 g/mol. The molecule has 0 radical (unpaired) electrons. The van der Waals surface area contributed by atoms with E-state index in [0.717, 1.165) is 5.56 Å². The van der Waals surface area contributed by atoms with Gasteiger partial charge < -0.3 is 9.47 Å². The van der Waals surface area contributed by atoms with Crippen LogP contribution < -0.4 is 0 Å². The standard InChI is InChI=1S/C16H20ClNO5S/c17-24(20,21)11-13-6-14-9-22-10-15(7-13)18(14)16(19)23-8-12-4-2-1-3-5-12/h1-5,13-15H,6-11H2. The third kappa shape index (κ3) is 4.40. The molecule has 0 saturated carbocycles. The molecule has 2 fully saturated rings. The quantitative estimate of drug-likeness (QED) is 0.757. The zero-order chi connectivity index (χ0) is 17.2. The summed E-state index contributed by atoms with van der Waals surface area (Å²) in [5.41, 5.74) is 0.926.